The van der Waals surface area contributed by atoms with Crippen molar-refractivity contribution in [3.05, 3.63) is 77.5 Å². The Hall–Kier alpha value is -4.25. The van der Waals surface area contributed by atoms with E-state index in [4.69, 9.17) is 4.74 Å². The van der Waals surface area contributed by atoms with Crippen molar-refractivity contribution in [2.24, 2.45) is 0 Å². The predicted octanol–water partition coefficient (Wildman–Crippen LogP) is 3.98. The lowest BCUT2D eigenvalue weighted by molar-refractivity contribution is -0.116. The molecule has 154 valence electrons. The lowest BCUT2D eigenvalue weighted by Gasteiger charge is -2.12. The number of carbonyl (C=O) groups is 1. The third kappa shape index (κ3) is 4.36. The van der Waals surface area contributed by atoms with Crippen molar-refractivity contribution in [1.82, 2.24) is 19.6 Å². The van der Waals surface area contributed by atoms with E-state index in [0.29, 0.717) is 34.8 Å². The first-order valence-electron chi connectivity index (χ1n) is 9.77. The quantitative estimate of drug-likeness (QED) is 0.514. The van der Waals surface area contributed by atoms with Gasteiger partial charge >= 0.3 is 0 Å². The number of pyridine rings is 1. The van der Waals surface area contributed by atoms with Crippen LogP contribution in [0.5, 0.6) is 11.5 Å². The fourth-order valence-electron chi connectivity index (χ4n) is 3.39. The summed E-state index contributed by atoms with van der Waals surface area (Å²) in [5.41, 5.74) is 4.25. The van der Waals surface area contributed by atoms with E-state index in [9.17, 15) is 10.1 Å². The normalized spacial score (nSPS) is 10.6. The van der Waals surface area contributed by atoms with E-state index in [-0.39, 0.29) is 12.3 Å². The molecule has 8 heteroatoms. The molecule has 0 atom stereocenters. The maximum atomic E-state index is 12.5. The van der Waals surface area contributed by atoms with Crippen LogP contribution in [0.4, 0.5) is 5.69 Å². The number of rotatable bonds is 6. The minimum absolute atomic E-state index is 0.113. The highest BCUT2D eigenvalue weighted by Crippen LogP contribution is 2.24. The highest BCUT2D eigenvalue weighted by atomic mass is 16.5. The van der Waals surface area contributed by atoms with Gasteiger partial charge in [0.2, 0.25) is 5.91 Å². The molecule has 1 aromatic carbocycles. The smallest absolute Gasteiger partial charge is 0.224 e. The lowest BCUT2D eigenvalue weighted by Crippen LogP contribution is -2.14. The number of ether oxygens (including phenoxy) is 1. The molecule has 8 nitrogen and oxygen atoms in total. The van der Waals surface area contributed by atoms with Crippen LogP contribution in [-0.4, -0.2) is 25.5 Å². The molecule has 0 radical (unpaired) electrons. The number of hydrogen-bond donors (Lipinski definition) is 1. The van der Waals surface area contributed by atoms with E-state index in [1.165, 1.54) is 6.20 Å². The number of nitrogens with zero attached hydrogens (tertiary/aromatic N) is 5. The second-order valence-electron chi connectivity index (χ2n) is 7.03. The summed E-state index contributed by atoms with van der Waals surface area (Å²) in [6, 6.07) is 12.9. The molecule has 0 aliphatic heterocycles. The average Bonchev–Trinajstić information content (AvgIpc) is 3.17. The van der Waals surface area contributed by atoms with Crippen molar-refractivity contribution in [1.29, 1.82) is 5.26 Å². The molecule has 3 aromatic heterocycles. The van der Waals surface area contributed by atoms with Crippen molar-refractivity contribution in [3.63, 3.8) is 0 Å². The van der Waals surface area contributed by atoms with Gasteiger partial charge in [0, 0.05) is 42.0 Å². The molecule has 0 unspecified atom stereocenters. The number of nitrogens with one attached hydrogen (secondary N) is 1. The zero-order valence-corrected chi connectivity index (χ0v) is 17.2. The summed E-state index contributed by atoms with van der Waals surface area (Å²) in [7, 11) is 0. The standard InChI is InChI=1S/C23H20N6O2/c1-15-21(16(2)29-23(27-15)17(13-24)14-26-29)6-7-22(30)28-18-4-3-5-20(12-18)31-19-8-10-25-11-9-19/h3-5,8-12,14H,6-7H2,1-2H3,(H,28,30). The predicted molar refractivity (Wildman–Crippen MR) is 115 cm³/mol. The Balaban J connectivity index is 1.43. The molecule has 0 fully saturated rings. The maximum Gasteiger partial charge on any atom is 0.224 e. The molecular formula is C23H20N6O2. The third-order valence-electron chi connectivity index (χ3n) is 4.93. The van der Waals surface area contributed by atoms with Gasteiger partial charge in [0.1, 0.15) is 23.1 Å². The number of fused-ring (bicyclic) bond motifs is 1. The zero-order chi connectivity index (χ0) is 21.8. The van der Waals surface area contributed by atoms with Gasteiger partial charge < -0.3 is 10.1 Å². The summed E-state index contributed by atoms with van der Waals surface area (Å²) >= 11 is 0. The number of nitriles is 1. The molecule has 0 saturated carbocycles. The summed E-state index contributed by atoms with van der Waals surface area (Å²) in [5.74, 6) is 1.18. The number of carbonyl (C=O) groups excluding carboxylic acids is 1. The van der Waals surface area contributed by atoms with Crippen LogP contribution in [0.25, 0.3) is 5.65 Å². The number of aryl methyl sites for hydroxylation is 2. The summed E-state index contributed by atoms with van der Waals surface area (Å²) in [6.07, 6.45) is 5.62. The minimum atomic E-state index is -0.113. The van der Waals surface area contributed by atoms with Gasteiger partial charge in [-0.05, 0) is 50.1 Å². The highest BCUT2D eigenvalue weighted by molar-refractivity contribution is 5.91. The van der Waals surface area contributed by atoms with Crippen LogP contribution < -0.4 is 10.1 Å². The van der Waals surface area contributed by atoms with Gasteiger partial charge in [-0.3, -0.25) is 9.78 Å². The zero-order valence-electron chi connectivity index (χ0n) is 17.2. The van der Waals surface area contributed by atoms with Gasteiger partial charge in [-0.1, -0.05) is 6.07 Å². The topological polar surface area (TPSA) is 105 Å². The van der Waals surface area contributed by atoms with Crippen molar-refractivity contribution in [2.45, 2.75) is 26.7 Å². The Morgan fingerprint density at radius 2 is 2.00 bits per heavy atom. The molecule has 31 heavy (non-hydrogen) atoms. The maximum absolute atomic E-state index is 12.5. The van der Waals surface area contributed by atoms with Gasteiger partial charge in [-0.15, -0.1) is 0 Å². The molecule has 0 aliphatic carbocycles. The summed E-state index contributed by atoms with van der Waals surface area (Å²) in [4.78, 5) is 21.0. The largest absolute Gasteiger partial charge is 0.457 e. The average molecular weight is 412 g/mol. The molecular weight excluding hydrogens is 392 g/mol. The molecule has 4 aromatic rings. The van der Waals surface area contributed by atoms with Crippen LogP contribution in [0.1, 0.15) is 28.9 Å². The molecule has 0 spiro atoms. The van der Waals surface area contributed by atoms with Crippen LogP contribution in [0.3, 0.4) is 0 Å². The molecule has 0 aliphatic rings. The molecule has 4 rings (SSSR count). The number of benzene rings is 1. The number of anilines is 1. The van der Waals surface area contributed by atoms with Gasteiger partial charge in [0.15, 0.2) is 5.65 Å². The number of amides is 1. The van der Waals surface area contributed by atoms with E-state index in [1.54, 1.807) is 35.1 Å². The van der Waals surface area contributed by atoms with E-state index in [0.717, 1.165) is 17.0 Å². The summed E-state index contributed by atoms with van der Waals surface area (Å²) < 4.78 is 7.43. The number of aromatic nitrogens is 4. The molecule has 1 amide bonds. The van der Waals surface area contributed by atoms with Crippen molar-refractivity contribution in [3.8, 4) is 17.6 Å². The Kier molecular flexibility index (Phi) is 5.58. The Labute approximate surface area is 179 Å². The van der Waals surface area contributed by atoms with E-state index in [1.807, 2.05) is 32.0 Å². The van der Waals surface area contributed by atoms with Gasteiger partial charge in [0.25, 0.3) is 0 Å². The first kappa shape index (κ1) is 20.0. The second kappa shape index (κ2) is 8.63. The van der Waals surface area contributed by atoms with E-state index in [2.05, 4.69) is 26.5 Å². The van der Waals surface area contributed by atoms with E-state index >= 15 is 0 Å². The fraction of sp³-hybridized carbons (Fsp3) is 0.174. The van der Waals surface area contributed by atoms with Gasteiger partial charge in [-0.2, -0.15) is 10.4 Å². The lowest BCUT2D eigenvalue weighted by atomic mass is 10.1. The first-order valence-corrected chi connectivity index (χ1v) is 9.77. The first-order chi connectivity index (χ1) is 15.0. The molecule has 0 saturated heterocycles. The summed E-state index contributed by atoms with van der Waals surface area (Å²) in [5, 5.41) is 16.3. The van der Waals surface area contributed by atoms with E-state index < -0.39 is 0 Å². The Morgan fingerprint density at radius 3 is 2.77 bits per heavy atom. The van der Waals surface area contributed by atoms with Crippen LogP contribution in [-0.2, 0) is 11.2 Å². The highest BCUT2D eigenvalue weighted by Gasteiger charge is 2.15. The van der Waals surface area contributed by atoms with Crippen molar-refractivity contribution in [2.75, 3.05) is 5.32 Å². The molecule has 3 heterocycles. The fourth-order valence-corrected chi connectivity index (χ4v) is 3.39. The number of hydrogen-bond acceptors (Lipinski definition) is 6. The second-order valence-corrected chi connectivity index (χ2v) is 7.03. The molecule has 0 bridgehead atoms. The molecule has 1 N–H and O–H groups in total. The van der Waals surface area contributed by atoms with Gasteiger partial charge in [-0.25, -0.2) is 9.50 Å². The Morgan fingerprint density at radius 1 is 1.19 bits per heavy atom. The van der Waals surface area contributed by atoms with Gasteiger partial charge in [0.05, 0.1) is 6.20 Å². The van der Waals surface area contributed by atoms with Crippen LogP contribution >= 0.6 is 0 Å². The van der Waals surface area contributed by atoms with Crippen LogP contribution in [0.2, 0.25) is 0 Å². The summed E-state index contributed by atoms with van der Waals surface area (Å²) in [6.45, 7) is 3.80. The minimum Gasteiger partial charge on any atom is -0.457 e. The third-order valence-corrected chi connectivity index (χ3v) is 4.93. The van der Waals surface area contributed by atoms with Crippen molar-refractivity contribution < 1.29 is 9.53 Å². The SMILES string of the molecule is Cc1nc2c(C#N)cnn2c(C)c1CCC(=O)Nc1cccc(Oc2ccncc2)c1. The van der Waals surface area contributed by atoms with Crippen LogP contribution in [0, 0.1) is 25.2 Å². The van der Waals surface area contributed by atoms with Crippen LogP contribution in [0.15, 0.2) is 55.0 Å². The monoisotopic (exact) mass is 412 g/mol. The van der Waals surface area contributed by atoms with Crippen molar-refractivity contribution >= 4 is 17.2 Å². The Bertz CT molecular complexity index is 1290.